The largest absolute Gasteiger partial charge is 0.388 e. The molecule has 2 fully saturated rings. The summed E-state index contributed by atoms with van der Waals surface area (Å²) < 4.78 is 32.5. The molecule has 23 heavy (non-hydrogen) atoms. The fourth-order valence-electron chi connectivity index (χ4n) is 3.45. The van der Waals surface area contributed by atoms with Crippen LogP contribution in [0.5, 0.6) is 0 Å². The van der Waals surface area contributed by atoms with Crippen LogP contribution >= 0.6 is 0 Å². The monoisotopic (exact) mass is 341 g/mol. The molecule has 2 aliphatic heterocycles. The van der Waals surface area contributed by atoms with E-state index in [-0.39, 0.29) is 6.61 Å². The Kier molecular flexibility index (Phi) is 4.27. The topological polar surface area (TPSA) is 87.1 Å². The van der Waals surface area contributed by atoms with E-state index < -0.39 is 27.3 Å². The molecule has 3 rings (SSSR count). The highest BCUT2D eigenvalue weighted by atomic mass is 32.2. The van der Waals surface area contributed by atoms with E-state index in [9.17, 15) is 18.6 Å². The first-order valence-electron chi connectivity index (χ1n) is 7.85. The maximum atomic E-state index is 12.6. The van der Waals surface area contributed by atoms with Gasteiger partial charge in [-0.05, 0) is 31.9 Å². The van der Waals surface area contributed by atoms with Gasteiger partial charge in [-0.1, -0.05) is 18.2 Å². The second-order valence-corrected chi connectivity index (χ2v) is 8.70. The number of hydrogen-bond donors (Lipinski definition) is 2. The van der Waals surface area contributed by atoms with Gasteiger partial charge in [0.2, 0.25) is 10.0 Å². The molecule has 2 aliphatic rings. The lowest BCUT2D eigenvalue weighted by atomic mass is 9.77. The number of aliphatic hydroxyl groups excluding tert-OH is 1. The third kappa shape index (κ3) is 3.16. The van der Waals surface area contributed by atoms with Crippen molar-refractivity contribution in [1.29, 1.82) is 0 Å². The number of aliphatic hydroxyl groups is 2. The SMILES string of the molecule is C[C@]1(O)CC2(CCN(S(=O)(=O)c3ccccc3)CC2)OCC1O. The van der Waals surface area contributed by atoms with Gasteiger partial charge in [0.15, 0.2) is 0 Å². The molecule has 0 aromatic heterocycles. The Morgan fingerprint density at radius 1 is 1.22 bits per heavy atom. The van der Waals surface area contributed by atoms with E-state index in [4.69, 9.17) is 4.74 Å². The molecule has 1 spiro atoms. The number of benzene rings is 1. The molecule has 7 heteroatoms. The number of hydrogen-bond acceptors (Lipinski definition) is 5. The molecule has 0 aliphatic carbocycles. The van der Waals surface area contributed by atoms with Gasteiger partial charge in [0.1, 0.15) is 6.10 Å². The lowest BCUT2D eigenvalue weighted by molar-refractivity contribution is -0.220. The van der Waals surface area contributed by atoms with Gasteiger partial charge in [0.05, 0.1) is 22.7 Å². The Balaban J connectivity index is 1.72. The van der Waals surface area contributed by atoms with Crippen molar-refractivity contribution >= 4 is 10.0 Å². The smallest absolute Gasteiger partial charge is 0.243 e. The Morgan fingerprint density at radius 3 is 2.39 bits per heavy atom. The predicted molar refractivity (Wildman–Crippen MR) is 84.4 cm³/mol. The van der Waals surface area contributed by atoms with Crippen molar-refractivity contribution < 1.29 is 23.4 Å². The molecule has 6 nitrogen and oxygen atoms in total. The van der Waals surface area contributed by atoms with Crippen LogP contribution < -0.4 is 0 Å². The van der Waals surface area contributed by atoms with Gasteiger partial charge in [-0.25, -0.2) is 8.42 Å². The molecule has 1 aromatic carbocycles. The Hall–Kier alpha value is -0.990. The molecule has 2 saturated heterocycles. The third-order valence-electron chi connectivity index (χ3n) is 4.96. The first kappa shape index (κ1) is 16.9. The van der Waals surface area contributed by atoms with E-state index in [0.717, 1.165) is 0 Å². The zero-order valence-corrected chi connectivity index (χ0v) is 14.0. The predicted octanol–water partition coefficient (Wildman–Crippen LogP) is 0.742. The van der Waals surface area contributed by atoms with Gasteiger partial charge < -0.3 is 14.9 Å². The molecule has 1 aromatic rings. The van der Waals surface area contributed by atoms with Crippen molar-refractivity contribution in [2.45, 2.75) is 48.4 Å². The van der Waals surface area contributed by atoms with Gasteiger partial charge in [0.25, 0.3) is 0 Å². The maximum Gasteiger partial charge on any atom is 0.243 e. The van der Waals surface area contributed by atoms with E-state index in [0.29, 0.717) is 37.2 Å². The molecule has 2 N–H and O–H groups in total. The Morgan fingerprint density at radius 2 is 1.83 bits per heavy atom. The van der Waals surface area contributed by atoms with Gasteiger partial charge in [0, 0.05) is 19.5 Å². The quantitative estimate of drug-likeness (QED) is 0.829. The van der Waals surface area contributed by atoms with Gasteiger partial charge in [-0.2, -0.15) is 4.31 Å². The standard InChI is InChI=1S/C16H23NO5S/c1-15(19)12-16(22-11-14(15)18)7-9-17(10-8-16)23(20,21)13-5-3-2-4-6-13/h2-6,14,18-19H,7-12H2,1H3/t14?,15-/m0/s1. The molecule has 128 valence electrons. The normalized spacial score (nSPS) is 32.0. The minimum atomic E-state index is -3.49. The van der Waals surface area contributed by atoms with E-state index in [1.165, 1.54) is 4.31 Å². The number of nitrogens with zero attached hydrogens (tertiary/aromatic N) is 1. The van der Waals surface area contributed by atoms with Gasteiger partial charge >= 0.3 is 0 Å². The summed E-state index contributed by atoms with van der Waals surface area (Å²) >= 11 is 0. The van der Waals surface area contributed by atoms with Crippen LogP contribution in [0, 0.1) is 0 Å². The van der Waals surface area contributed by atoms with Crippen LogP contribution in [0.25, 0.3) is 0 Å². The van der Waals surface area contributed by atoms with Gasteiger partial charge in [-0.3, -0.25) is 0 Å². The summed E-state index contributed by atoms with van der Waals surface area (Å²) in [5, 5.41) is 20.1. The Bertz CT molecular complexity index is 650. The summed E-state index contributed by atoms with van der Waals surface area (Å²) in [5.74, 6) is 0. The van der Waals surface area contributed by atoms with E-state index in [2.05, 4.69) is 0 Å². The summed E-state index contributed by atoms with van der Waals surface area (Å²) in [6.07, 6.45) is 0.448. The molecule has 0 bridgehead atoms. The summed E-state index contributed by atoms with van der Waals surface area (Å²) in [5.41, 5.74) is -1.75. The van der Waals surface area contributed by atoms with E-state index in [1.807, 2.05) is 0 Å². The molecule has 2 heterocycles. The highest BCUT2D eigenvalue weighted by Gasteiger charge is 2.49. The average Bonchev–Trinajstić information content (AvgIpc) is 2.52. The second kappa shape index (κ2) is 5.82. The number of piperidine rings is 1. The lowest BCUT2D eigenvalue weighted by Gasteiger charge is -2.49. The van der Waals surface area contributed by atoms with E-state index in [1.54, 1.807) is 37.3 Å². The number of rotatable bonds is 2. The minimum absolute atomic E-state index is 0.0818. The van der Waals surface area contributed by atoms with Crippen LogP contribution in [0.4, 0.5) is 0 Å². The summed E-state index contributed by atoms with van der Waals surface area (Å²) in [7, 11) is -3.49. The molecule has 0 radical (unpaired) electrons. The fraction of sp³-hybridized carbons (Fsp3) is 0.625. The first-order chi connectivity index (χ1) is 10.8. The fourth-order valence-corrected chi connectivity index (χ4v) is 4.92. The van der Waals surface area contributed by atoms with Crippen molar-refractivity contribution in [2.24, 2.45) is 0 Å². The third-order valence-corrected chi connectivity index (χ3v) is 6.87. The average molecular weight is 341 g/mol. The maximum absolute atomic E-state index is 12.6. The Labute approximate surface area is 136 Å². The van der Waals surface area contributed by atoms with Crippen LogP contribution in [0.2, 0.25) is 0 Å². The van der Waals surface area contributed by atoms with Gasteiger partial charge in [-0.15, -0.1) is 0 Å². The van der Waals surface area contributed by atoms with Crippen molar-refractivity contribution in [3.8, 4) is 0 Å². The van der Waals surface area contributed by atoms with E-state index >= 15 is 0 Å². The molecule has 0 saturated carbocycles. The molecule has 0 amide bonds. The van der Waals surface area contributed by atoms with Crippen LogP contribution in [-0.4, -0.2) is 59.9 Å². The molecule has 2 atom stereocenters. The number of sulfonamides is 1. The van der Waals surface area contributed by atoms with Crippen LogP contribution in [0.15, 0.2) is 35.2 Å². The summed E-state index contributed by atoms with van der Waals surface area (Å²) in [6.45, 7) is 2.39. The zero-order valence-electron chi connectivity index (χ0n) is 13.2. The van der Waals surface area contributed by atoms with Crippen LogP contribution in [-0.2, 0) is 14.8 Å². The lowest BCUT2D eigenvalue weighted by Crippen LogP contribution is -2.59. The van der Waals surface area contributed by atoms with Crippen LogP contribution in [0.1, 0.15) is 26.2 Å². The zero-order chi connectivity index (χ0) is 16.7. The molecule has 1 unspecified atom stereocenters. The first-order valence-corrected chi connectivity index (χ1v) is 9.29. The van der Waals surface area contributed by atoms with Crippen LogP contribution in [0.3, 0.4) is 0 Å². The summed E-state index contributed by atoms with van der Waals surface area (Å²) in [6, 6.07) is 8.39. The number of ether oxygens (including phenoxy) is 1. The molecular formula is C16H23NO5S. The van der Waals surface area contributed by atoms with Crippen molar-refractivity contribution in [1.82, 2.24) is 4.31 Å². The highest BCUT2D eigenvalue weighted by molar-refractivity contribution is 7.89. The van der Waals surface area contributed by atoms with Crippen molar-refractivity contribution in [2.75, 3.05) is 19.7 Å². The van der Waals surface area contributed by atoms with Crippen molar-refractivity contribution in [3.05, 3.63) is 30.3 Å². The highest BCUT2D eigenvalue weighted by Crippen LogP contribution is 2.40. The minimum Gasteiger partial charge on any atom is -0.388 e. The summed E-state index contributed by atoms with van der Waals surface area (Å²) in [4.78, 5) is 0.294. The molecular weight excluding hydrogens is 318 g/mol. The second-order valence-electron chi connectivity index (χ2n) is 6.76. The van der Waals surface area contributed by atoms with Crippen molar-refractivity contribution in [3.63, 3.8) is 0 Å².